The lowest BCUT2D eigenvalue weighted by molar-refractivity contribution is 0.757. The van der Waals surface area contributed by atoms with Crippen molar-refractivity contribution in [1.29, 1.82) is 5.26 Å². The van der Waals surface area contributed by atoms with Gasteiger partial charge in [0, 0.05) is 12.3 Å². The molecule has 0 N–H and O–H groups in total. The van der Waals surface area contributed by atoms with E-state index in [1.165, 1.54) is 5.56 Å². The highest BCUT2D eigenvalue weighted by Crippen LogP contribution is 2.10. The minimum Gasteiger partial charge on any atom is -0.311 e. The van der Waals surface area contributed by atoms with Gasteiger partial charge in [-0.2, -0.15) is 5.26 Å². The number of hydrogen-bond acceptors (Lipinski definition) is 2. The van der Waals surface area contributed by atoms with Gasteiger partial charge in [-0.25, -0.2) is 0 Å². The molecule has 1 aromatic heterocycles. The van der Waals surface area contributed by atoms with Gasteiger partial charge in [0.2, 0.25) is 0 Å². The monoisotopic (exact) mass is 326 g/mol. The second-order valence-electron chi connectivity index (χ2n) is 5.94. The second-order valence-corrected chi connectivity index (χ2v) is 5.94. The van der Waals surface area contributed by atoms with Gasteiger partial charge in [0.15, 0.2) is 0 Å². The van der Waals surface area contributed by atoms with Crippen LogP contribution >= 0.6 is 0 Å². The van der Waals surface area contributed by atoms with Crippen molar-refractivity contribution in [3.05, 3.63) is 105 Å². The maximum absolute atomic E-state index is 12.3. The first-order chi connectivity index (χ1) is 12.2. The molecule has 0 saturated carbocycles. The Labute approximate surface area is 147 Å². The smallest absolute Gasteiger partial charge is 0.251 e. The number of rotatable bonds is 4. The minimum atomic E-state index is -0.0844. The third-order valence-electron chi connectivity index (χ3n) is 4.04. The first kappa shape index (κ1) is 16.5. The Balaban J connectivity index is 1.80. The van der Waals surface area contributed by atoms with Crippen LogP contribution in [0.5, 0.6) is 0 Å². The maximum Gasteiger partial charge on any atom is 0.251 e. The Morgan fingerprint density at radius 1 is 1.00 bits per heavy atom. The molecule has 0 amide bonds. The summed E-state index contributed by atoms with van der Waals surface area (Å²) < 4.78 is 1.61. The number of nitrogens with zero attached hydrogens (tertiary/aromatic N) is 2. The third kappa shape index (κ3) is 4.13. The molecule has 3 nitrogen and oxygen atoms in total. The minimum absolute atomic E-state index is 0.0844. The van der Waals surface area contributed by atoms with Crippen molar-refractivity contribution in [2.75, 3.05) is 0 Å². The standard InChI is InChI=1S/C22H18N2O/c1-17-6-8-18(9-7-17)10-11-19-12-13-24(22(25)14-19)16-21-5-3-2-4-20(21)15-23/h2-14H,16H2,1H3/b11-10+. The number of aromatic nitrogens is 1. The molecule has 25 heavy (non-hydrogen) atoms. The summed E-state index contributed by atoms with van der Waals surface area (Å²) in [5.74, 6) is 0. The first-order valence-corrected chi connectivity index (χ1v) is 8.09. The number of benzene rings is 2. The Kier molecular flexibility index (Phi) is 4.92. The van der Waals surface area contributed by atoms with Gasteiger partial charge in [-0.3, -0.25) is 4.79 Å². The molecule has 0 spiro atoms. The van der Waals surface area contributed by atoms with Crippen molar-refractivity contribution < 1.29 is 0 Å². The van der Waals surface area contributed by atoms with Crippen molar-refractivity contribution in [3.63, 3.8) is 0 Å². The van der Waals surface area contributed by atoms with Gasteiger partial charge in [0.1, 0.15) is 0 Å². The number of nitriles is 1. The maximum atomic E-state index is 12.3. The van der Waals surface area contributed by atoms with Crippen LogP contribution in [0.4, 0.5) is 0 Å². The van der Waals surface area contributed by atoms with E-state index >= 15 is 0 Å². The van der Waals surface area contributed by atoms with Gasteiger partial charge >= 0.3 is 0 Å². The van der Waals surface area contributed by atoms with Gasteiger partial charge in [-0.1, -0.05) is 60.2 Å². The lowest BCUT2D eigenvalue weighted by Crippen LogP contribution is -2.19. The van der Waals surface area contributed by atoms with Crippen LogP contribution in [0.3, 0.4) is 0 Å². The zero-order chi connectivity index (χ0) is 17.6. The fourth-order valence-electron chi connectivity index (χ4n) is 2.58. The predicted molar refractivity (Wildman–Crippen MR) is 101 cm³/mol. The third-order valence-corrected chi connectivity index (χ3v) is 4.04. The van der Waals surface area contributed by atoms with E-state index in [-0.39, 0.29) is 5.56 Å². The summed E-state index contributed by atoms with van der Waals surface area (Å²) in [6.07, 6.45) is 5.69. The summed E-state index contributed by atoms with van der Waals surface area (Å²) in [5, 5.41) is 9.16. The van der Waals surface area contributed by atoms with Crippen LogP contribution in [0, 0.1) is 18.3 Å². The molecule has 0 saturated heterocycles. The lowest BCUT2D eigenvalue weighted by atomic mass is 10.1. The molecule has 0 fully saturated rings. The van der Waals surface area contributed by atoms with E-state index in [0.29, 0.717) is 12.1 Å². The van der Waals surface area contributed by atoms with E-state index < -0.39 is 0 Å². The molecule has 3 heteroatoms. The van der Waals surface area contributed by atoms with E-state index in [9.17, 15) is 4.79 Å². The predicted octanol–water partition coefficient (Wildman–Crippen LogP) is 4.25. The van der Waals surface area contributed by atoms with Crippen LogP contribution in [-0.4, -0.2) is 4.57 Å². The van der Waals surface area contributed by atoms with Gasteiger partial charge in [0.25, 0.3) is 5.56 Å². The SMILES string of the molecule is Cc1ccc(/C=C/c2ccn(Cc3ccccc3C#N)c(=O)c2)cc1. The Hall–Kier alpha value is -3.38. The molecule has 0 unspecified atom stereocenters. The fourth-order valence-corrected chi connectivity index (χ4v) is 2.58. The normalized spacial score (nSPS) is 10.7. The number of hydrogen-bond donors (Lipinski definition) is 0. The average molecular weight is 326 g/mol. The molecule has 3 aromatic rings. The average Bonchev–Trinajstić information content (AvgIpc) is 2.63. The summed E-state index contributed by atoms with van der Waals surface area (Å²) in [7, 11) is 0. The molecule has 3 rings (SSSR count). The van der Waals surface area contributed by atoms with E-state index in [1.807, 2.05) is 48.6 Å². The van der Waals surface area contributed by atoms with Crippen LogP contribution in [-0.2, 0) is 6.54 Å². The molecule has 0 radical (unpaired) electrons. The van der Waals surface area contributed by atoms with E-state index in [1.54, 1.807) is 22.9 Å². The van der Waals surface area contributed by atoms with Crippen LogP contribution in [0.2, 0.25) is 0 Å². The summed E-state index contributed by atoms with van der Waals surface area (Å²) in [5.41, 5.74) is 4.53. The Bertz CT molecular complexity index is 1010. The van der Waals surface area contributed by atoms with Gasteiger partial charge in [0.05, 0.1) is 18.2 Å². The quantitative estimate of drug-likeness (QED) is 0.719. The van der Waals surface area contributed by atoms with E-state index in [2.05, 4.69) is 25.1 Å². The van der Waals surface area contributed by atoms with Crippen molar-refractivity contribution in [3.8, 4) is 6.07 Å². The number of pyridine rings is 1. The highest BCUT2D eigenvalue weighted by atomic mass is 16.1. The fraction of sp³-hybridized carbons (Fsp3) is 0.0909. The molecular formula is C22H18N2O. The van der Waals surface area contributed by atoms with Crippen LogP contribution < -0.4 is 5.56 Å². The van der Waals surface area contributed by atoms with Gasteiger partial charge < -0.3 is 4.57 Å². The molecular weight excluding hydrogens is 308 g/mol. The molecule has 2 aromatic carbocycles. The lowest BCUT2D eigenvalue weighted by Gasteiger charge is -2.07. The molecule has 1 heterocycles. The topological polar surface area (TPSA) is 45.8 Å². The molecule has 0 aliphatic rings. The van der Waals surface area contributed by atoms with Gasteiger partial charge in [-0.05, 0) is 35.7 Å². The van der Waals surface area contributed by atoms with Crippen LogP contribution in [0.1, 0.15) is 27.8 Å². The summed E-state index contributed by atoms with van der Waals surface area (Å²) in [6, 6.07) is 21.2. The highest BCUT2D eigenvalue weighted by molar-refractivity contribution is 5.69. The van der Waals surface area contributed by atoms with Crippen molar-refractivity contribution >= 4 is 12.2 Å². The summed E-state index contributed by atoms with van der Waals surface area (Å²) >= 11 is 0. The first-order valence-electron chi connectivity index (χ1n) is 8.09. The van der Waals surface area contributed by atoms with Crippen LogP contribution in [0.15, 0.2) is 71.7 Å². The summed E-state index contributed by atoms with van der Waals surface area (Å²) in [6.45, 7) is 2.45. The van der Waals surface area contributed by atoms with Crippen molar-refractivity contribution in [2.45, 2.75) is 13.5 Å². The van der Waals surface area contributed by atoms with E-state index in [4.69, 9.17) is 5.26 Å². The molecule has 0 aliphatic carbocycles. The number of aryl methyl sites for hydroxylation is 1. The molecule has 122 valence electrons. The zero-order valence-corrected chi connectivity index (χ0v) is 14.0. The van der Waals surface area contributed by atoms with Crippen molar-refractivity contribution in [2.24, 2.45) is 0 Å². The Morgan fingerprint density at radius 2 is 1.72 bits per heavy atom. The zero-order valence-electron chi connectivity index (χ0n) is 14.0. The van der Waals surface area contributed by atoms with Crippen LogP contribution in [0.25, 0.3) is 12.2 Å². The highest BCUT2D eigenvalue weighted by Gasteiger charge is 2.03. The molecule has 0 aliphatic heterocycles. The molecule has 0 bridgehead atoms. The van der Waals surface area contributed by atoms with Gasteiger partial charge in [-0.15, -0.1) is 0 Å². The Morgan fingerprint density at radius 3 is 2.44 bits per heavy atom. The largest absolute Gasteiger partial charge is 0.311 e. The summed E-state index contributed by atoms with van der Waals surface area (Å²) in [4.78, 5) is 12.3. The van der Waals surface area contributed by atoms with E-state index in [0.717, 1.165) is 16.7 Å². The van der Waals surface area contributed by atoms with Crippen molar-refractivity contribution in [1.82, 2.24) is 4.57 Å². The molecule has 0 atom stereocenters. The second kappa shape index (κ2) is 7.46.